The van der Waals surface area contributed by atoms with Gasteiger partial charge < -0.3 is 20.5 Å². The van der Waals surface area contributed by atoms with E-state index >= 15 is 0 Å². The van der Waals surface area contributed by atoms with Crippen LogP contribution in [0, 0.1) is 5.92 Å². The van der Waals surface area contributed by atoms with Gasteiger partial charge in [-0.25, -0.2) is 4.79 Å². The minimum atomic E-state index is -1.13. The average molecular weight is 354 g/mol. The second kappa shape index (κ2) is 9.82. The molecule has 0 bridgehead atoms. The molecule has 0 saturated heterocycles. The van der Waals surface area contributed by atoms with Crippen molar-refractivity contribution in [2.24, 2.45) is 5.92 Å². The fraction of sp³-hybridized carbons (Fsp3) is 0.438. The van der Waals surface area contributed by atoms with Gasteiger partial charge in [0.2, 0.25) is 5.91 Å². The smallest absolute Gasteiger partial charge is 0.326 e. The highest BCUT2D eigenvalue weighted by Gasteiger charge is 2.27. The number of amides is 2. The molecule has 0 aliphatic rings. The largest absolute Gasteiger partial charge is 0.484 e. The summed E-state index contributed by atoms with van der Waals surface area (Å²) >= 11 is 4.03. The number of carbonyl (C=O) groups is 3. The summed E-state index contributed by atoms with van der Waals surface area (Å²) in [6.07, 6.45) is 0. The quantitative estimate of drug-likeness (QED) is 0.489. The minimum Gasteiger partial charge on any atom is -0.484 e. The van der Waals surface area contributed by atoms with Crippen molar-refractivity contribution >= 4 is 30.4 Å². The van der Waals surface area contributed by atoms with Crippen LogP contribution < -0.4 is 15.4 Å². The molecular formula is C16H22N2O5S. The third kappa shape index (κ3) is 6.49. The van der Waals surface area contributed by atoms with Gasteiger partial charge in [0, 0.05) is 5.75 Å². The lowest BCUT2D eigenvalue weighted by Gasteiger charge is -2.22. The number of hydrogen-bond donors (Lipinski definition) is 4. The van der Waals surface area contributed by atoms with Gasteiger partial charge in [0.1, 0.15) is 17.8 Å². The van der Waals surface area contributed by atoms with Crippen LogP contribution in [0.3, 0.4) is 0 Å². The molecule has 24 heavy (non-hydrogen) atoms. The fourth-order valence-corrected chi connectivity index (χ4v) is 2.12. The van der Waals surface area contributed by atoms with Crippen LogP contribution in [-0.2, 0) is 14.4 Å². The molecule has 8 heteroatoms. The molecule has 0 saturated carbocycles. The van der Waals surface area contributed by atoms with Crippen molar-refractivity contribution in [2.45, 2.75) is 25.9 Å². The molecule has 0 fully saturated rings. The van der Waals surface area contributed by atoms with Crippen molar-refractivity contribution in [1.29, 1.82) is 0 Å². The molecule has 0 spiro atoms. The van der Waals surface area contributed by atoms with Crippen LogP contribution >= 0.6 is 12.6 Å². The third-order valence-electron chi connectivity index (χ3n) is 3.18. The number of nitrogens with one attached hydrogen (secondary N) is 2. The summed E-state index contributed by atoms with van der Waals surface area (Å²) in [6, 6.07) is 6.80. The van der Waals surface area contributed by atoms with E-state index in [0.29, 0.717) is 5.75 Å². The van der Waals surface area contributed by atoms with Crippen LogP contribution in [0.25, 0.3) is 0 Å². The van der Waals surface area contributed by atoms with Crippen LogP contribution in [0.1, 0.15) is 13.8 Å². The number of carbonyl (C=O) groups excluding carboxylic acids is 2. The number of ether oxygens (including phenoxy) is 1. The SMILES string of the molecule is CC(C)[C@@H](NC(=O)[C@H](CS)NC(=O)COc1ccccc1)C(=O)O. The fourth-order valence-electron chi connectivity index (χ4n) is 1.86. The Hall–Kier alpha value is -2.22. The molecular weight excluding hydrogens is 332 g/mol. The van der Waals surface area contributed by atoms with Gasteiger partial charge in [-0.15, -0.1) is 0 Å². The molecule has 0 radical (unpaired) electrons. The molecule has 3 N–H and O–H groups in total. The Labute approximate surface area is 146 Å². The maximum Gasteiger partial charge on any atom is 0.326 e. The van der Waals surface area contributed by atoms with Crippen LogP contribution in [0.2, 0.25) is 0 Å². The molecule has 1 rings (SSSR count). The number of aliphatic carboxylic acids is 1. The molecule has 0 aliphatic heterocycles. The summed E-state index contributed by atoms with van der Waals surface area (Å²) in [7, 11) is 0. The van der Waals surface area contributed by atoms with E-state index in [1.807, 2.05) is 6.07 Å². The predicted molar refractivity (Wildman–Crippen MR) is 92.1 cm³/mol. The Balaban J connectivity index is 2.54. The lowest BCUT2D eigenvalue weighted by molar-refractivity contribution is -0.143. The maximum atomic E-state index is 12.1. The molecule has 0 heterocycles. The lowest BCUT2D eigenvalue weighted by Crippen LogP contribution is -2.54. The topological polar surface area (TPSA) is 105 Å². The zero-order valence-electron chi connectivity index (χ0n) is 13.6. The molecule has 1 aromatic carbocycles. The second-order valence-corrected chi connectivity index (χ2v) is 5.84. The van der Waals surface area contributed by atoms with Crippen molar-refractivity contribution in [2.75, 3.05) is 12.4 Å². The Morgan fingerprint density at radius 2 is 1.79 bits per heavy atom. The maximum absolute atomic E-state index is 12.1. The summed E-state index contributed by atoms with van der Waals surface area (Å²) in [5.41, 5.74) is 0. The standard InChI is InChI=1S/C16H22N2O5S/c1-10(2)14(16(21)22)18-15(20)12(9-24)17-13(19)8-23-11-6-4-3-5-7-11/h3-7,10,12,14,24H,8-9H2,1-2H3,(H,17,19)(H,18,20)(H,21,22)/t12-,14+/m0/s1. The van der Waals surface area contributed by atoms with Crippen LogP contribution in [0.5, 0.6) is 5.75 Å². The molecule has 0 aliphatic carbocycles. The van der Waals surface area contributed by atoms with Gasteiger partial charge in [0.15, 0.2) is 6.61 Å². The first-order chi connectivity index (χ1) is 11.3. The summed E-state index contributed by atoms with van der Waals surface area (Å²) in [6.45, 7) is 3.11. The third-order valence-corrected chi connectivity index (χ3v) is 3.54. The molecule has 0 aromatic heterocycles. The van der Waals surface area contributed by atoms with E-state index in [1.54, 1.807) is 38.1 Å². The van der Waals surface area contributed by atoms with Gasteiger partial charge in [-0.3, -0.25) is 9.59 Å². The highest BCUT2D eigenvalue weighted by atomic mass is 32.1. The van der Waals surface area contributed by atoms with Crippen molar-refractivity contribution < 1.29 is 24.2 Å². The second-order valence-electron chi connectivity index (χ2n) is 5.47. The van der Waals surface area contributed by atoms with Gasteiger partial charge in [0.05, 0.1) is 0 Å². The number of thiol groups is 1. The molecule has 0 unspecified atom stereocenters. The van der Waals surface area contributed by atoms with Crippen LogP contribution in [0.15, 0.2) is 30.3 Å². The number of para-hydroxylation sites is 1. The molecule has 1 aromatic rings. The molecule has 132 valence electrons. The number of carboxylic acids is 1. The number of hydrogen-bond acceptors (Lipinski definition) is 5. The average Bonchev–Trinajstić information content (AvgIpc) is 2.55. The highest BCUT2D eigenvalue weighted by Crippen LogP contribution is 2.07. The first-order valence-electron chi connectivity index (χ1n) is 7.46. The number of carboxylic acid groups (broad SMARTS) is 1. The molecule has 2 atom stereocenters. The van der Waals surface area contributed by atoms with Crippen molar-refractivity contribution in [3.05, 3.63) is 30.3 Å². The Morgan fingerprint density at radius 3 is 2.29 bits per heavy atom. The monoisotopic (exact) mass is 354 g/mol. The summed E-state index contributed by atoms with van der Waals surface area (Å²) in [4.78, 5) is 35.1. The lowest BCUT2D eigenvalue weighted by atomic mass is 10.0. The normalized spacial score (nSPS) is 13.0. The minimum absolute atomic E-state index is 0.0351. The summed E-state index contributed by atoms with van der Waals surface area (Å²) in [5, 5.41) is 14.0. The zero-order chi connectivity index (χ0) is 18.1. The number of benzene rings is 1. The van der Waals surface area contributed by atoms with Gasteiger partial charge >= 0.3 is 5.97 Å². The zero-order valence-corrected chi connectivity index (χ0v) is 14.5. The van der Waals surface area contributed by atoms with Crippen LogP contribution in [-0.4, -0.2) is 47.3 Å². The van der Waals surface area contributed by atoms with E-state index in [1.165, 1.54) is 0 Å². The summed E-state index contributed by atoms with van der Waals surface area (Å²) in [5.74, 6) is -1.94. The van der Waals surface area contributed by atoms with Crippen molar-refractivity contribution in [3.63, 3.8) is 0 Å². The Morgan fingerprint density at radius 1 is 1.17 bits per heavy atom. The first kappa shape index (κ1) is 19.8. The van der Waals surface area contributed by atoms with E-state index in [-0.39, 0.29) is 18.3 Å². The van der Waals surface area contributed by atoms with Gasteiger partial charge in [-0.2, -0.15) is 12.6 Å². The van der Waals surface area contributed by atoms with E-state index < -0.39 is 29.9 Å². The predicted octanol–water partition coefficient (Wildman–Crippen LogP) is 0.705. The van der Waals surface area contributed by atoms with E-state index in [2.05, 4.69) is 23.3 Å². The first-order valence-corrected chi connectivity index (χ1v) is 8.09. The number of rotatable bonds is 9. The Kier molecular flexibility index (Phi) is 8.11. The van der Waals surface area contributed by atoms with Gasteiger partial charge in [-0.05, 0) is 18.1 Å². The molecule has 7 nitrogen and oxygen atoms in total. The summed E-state index contributed by atoms with van der Waals surface area (Å²) < 4.78 is 5.29. The van der Waals surface area contributed by atoms with Crippen molar-refractivity contribution in [1.82, 2.24) is 10.6 Å². The highest BCUT2D eigenvalue weighted by molar-refractivity contribution is 7.80. The van der Waals surface area contributed by atoms with E-state index in [9.17, 15) is 14.4 Å². The molecule has 2 amide bonds. The Bertz CT molecular complexity index is 565. The van der Waals surface area contributed by atoms with Gasteiger partial charge in [-0.1, -0.05) is 32.0 Å². The van der Waals surface area contributed by atoms with E-state index in [4.69, 9.17) is 9.84 Å². The van der Waals surface area contributed by atoms with Crippen LogP contribution in [0.4, 0.5) is 0 Å². The van der Waals surface area contributed by atoms with Crippen molar-refractivity contribution in [3.8, 4) is 5.75 Å². The van der Waals surface area contributed by atoms with Gasteiger partial charge in [0.25, 0.3) is 5.91 Å². The van der Waals surface area contributed by atoms with E-state index in [0.717, 1.165) is 0 Å².